The first-order valence-electron chi connectivity index (χ1n) is 4.82. The summed E-state index contributed by atoms with van der Waals surface area (Å²) in [6.45, 7) is 2.25. The van der Waals surface area contributed by atoms with Gasteiger partial charge in [0.2, 0.25) is 0 Å². The van der Waals surface area contributed by atoms with Gasteiger partial charge in [-0.15, -0.1) is 0 Å². The summed E-state index contributed by atoms with van der Waals surface area (Å²) in [7, 11) is 0. The van der Waals surface area contributed by atoms with Gasteiger partial charge in [-0.3, -0.25) is 4.79 Å². The van der Waals surface area contributed by atoms with Crippen LogP contribution >= 0.6 is 0 Å². The molecule has 2 aliphatic rings. The van der Waals surface area contributed by atoms with Crippen LogP contribution in [0.15, 0.2) is 0 Å². The molecule has 0 N–H and O–H groups in total. The predicted molar refractivity (Wildman–Crippen MR) is 44.2 cm³/mol. The summed E-state index contributed by atoms with van der Waals surface area (Å²) in [5.74, 6) is 2.47. The highest BCUT2D eigenvalue weighted by Gasteiger charge is 2.39. The van der Waals surface area contributed by atoms with Crippen molar-refractivity contribution in [3.63, 3.8) is 0 Å². The molecule has 0 saturated heterocycles. The maximum absolute atomic E-state index is 11.4. The zero-order chi connectivity index (χ0) is 7.84. The smallest absolute Gasteiger partial charge is 0.136 e. The Hall–Kier alpha value is -0.330. The summed E-state index contributed by atoms with van der Waals surface area (Å²) >= 11 is 0. The van der Waals surface area contributed by atoms with Crippen LogP contribution in [0, 0.1) is 17.8 Å². The third-order valence-electron chi connectivity index (χ3n) is 3.49. The van der Waals surface area contributed by atoms with Gasteiger partial charge in [-0.1, -0.05) is 19.8 Å². The molecule has 1 nitrogen and oxygen atoms in total. The van der Waals surface area contributed by atoms with Gasteiger partial charge in [0.1, 0.15) is 5.78 Å². The average molecular weight is 152 g/mol. The van der Waals surface area contributed by atoms with E-state index in [9.17, 15) is 4.79 Å². The standard InChI is InChI=1S/C10H16O/c1-7-3-2-4-8-5-6-9(11)10(7)8/h7-8,10H,2-6H2,1H3/t7?,8-,10-/m1/s1. The Kier molecular flexibility index (Phi) is 1.74. The molecule has 1 heteroatoms. The maximum Gasteiger partial charge on any atom is 0.136 e. The minimum Gasteiger partial charge on any atom is -0.299 e. The van der Waals surface area contributed by atoms with Crippen molar-refractivity contribution >= 4 is 5.78 Å². The SMILES string of the molecule is CC1CCC[C@@H]2CCC(=O)[C@H]12. The van der Waals surface area contributed by atoms with E-state index < -0.39 is 0 Å². The lowest BCUT2D eigenvalue weighted by molar-refractivity contribution is -0.123. The lowest BCUT2D eigenvalue weighted by Gasteiger charge is -2.29. The van der Waals surface area contributed by atoms with E-state index in [1.807, 2.05) is 0 Å². The molecule has 0 radical (unpaired) electrons. The van der Waals surface area contributed by atoms with Crippen LogP contribution in [-0.4, -0.2) is 5.78 Å². The van der Waals surface area contributed by atoms with Crippen LogP contribution in [0.1, 0.15) is 39.0 Å². The molecule has 0 amide bonds. The number of carbonyl (C=O) groups excluding carboxylic acids is 1. The van der Waals surface area contributed by atoms with Crippen molar-refractivity contribution in [2.24, 2.45) is 17.8 Å². The van der Waals surface area contributed by atoms with Gasteiger partial charge >= 0.3 is 0 Å². The van der Waals surface area contributed by atoms with Crippen LogP contribution in [0.2, 0.25) is 0 Å². The molecular formula is C10H16O. The molecule has 0 aromatic rings. The Morgan fingerprint density at radius 2 is 2.09 bits per heavy atom. The molecule has 0 heterocycles. The molecule has 0 bridgehead atoms. The summed E-state index contributed by atoms with van der Waals surface area (Å²) in [5.41, 5.74) is 0. The molecule has 2 fully saturated rings. The maximum atomic E-state index is 11.4. The van der Waals surface area contributed by atoms with Crippen LogP contribution in [0.5, 0.6) is 0 Å². The lowest BCUT2D eigenvalue weighted by Crippen LogP contribution is -2.26. The number of rotatable bonds is 0. The van der Waals surface area contributed by atoms with Gasteiger partial charge in [0.05, 0.1) is 0 Å². The summed E-state index contributed by atoms with van der Waals surface area (Å²) in [4.78, 5) is 11.4. The highest BCUT2D eigenvalue weighted by molar-refractivity contribution is 5.83. The first-order valence-corrected chi connectivity index (χ1v) is 4.82. The fourth-order valence-corrected chi connectivity index (χ4v) is 2.92. The second-order valence-electron chi connectivity index (χ2n) is 4.20. The number of fused-ring (bicyclic) bond motifs is 1. The molecule has 0 aromatic carbocycles. The van der Waals surface area contributed by atoms with Gasteiger partial charge in [-0.25, -0.2) is 0 Å². The second kappa shape index (κ2) is 2.62. The number of hydrogen-bond donors (Lipinski definition) is 0. The third kappa shape index (κ3) is 1.11. The molecular weight excluding hydrogens is 136 g/mol. The Balaban J connectivity index is 2.14. The minimum atomic E-state index is 0.462. The topological polar surface area (TPSA) is 17.1 Å². The van der Waals surface area contributed by atoms with Crippen LogP contribution < -0.4 is 0 Å². The summed E-state index contributed by atoms with van der Waals surface area (Å²) < 4.78 is 0. The molecule has 2 rings (SSSR count). The molecule has 2 aliphatic carbocycles. The number of carbonyl (C=O) groups is 1. The van der Waals surface area contributed by atoms with Crippen LogP contribution in [0.25, 0.3) is 0 Å². The highest BCUT2D eigenvalue weighted by atomic mass is 16.1. The molecule has 1 unspecified atom stereocenters. The second-order valence-corrected chi connectivity index (χ2v) is 4.20. The number of ketones is 1. The van der Waals surface area contributed by atoms with E-state index in [1.165, 1.54) is 25.7 Å². The van der Waals surface area contributed by atoms with Gasteiger partial charge in [-0.2, -0.15) is 0 Å². The van der Waals surface area contributed by atoms with Crippen LogP contribution in [-0.2, 0) is 4.79 Å². The molecule has 0 aliphatic heterocycles. The number of Topliss-reactive ketones (excluding diaryl/α,β-unsaturated/α-hetero) is 1. The Labute approximate surface area is 68.2 Å². The van der Waals surface area contributed by atoms with E-state index in [1.54, 1.807) is 0 Å². The molecule has 3 atom stereocenters. The van der Waals surface area contributed by atoms with Crippen LogP contribution in [0.4, 0.5) is 0 Å². The van der Waals surface area contributed by atoms with Gasteiger partial charge in [0.25, 0.3) is 0 Å². The van der Waals surface area contributed by atoms with Crippen molar-refractivity contribution < 1.29 is 4.79 Å². The van der Waals surface area contributed by atoms with Crippen molar-refractivity contribution in [1.82, 2.24) is 0 Å². The van der Waals surface area contributed by atoms with E-state index in [-0.39, 0.29) is 0 Å². The fraction of sp³-hybridized carbons (Fsp3) is 0.900. The van der Waals surface area contributed by atoms with Gasteiger partial charge in [0, 0.05) is 12.3 Å². The lowest BCUT2D eigenvalue weighted by atomic mass is 9.74. The van der Waals surface area contributed by atoms with E-state index in [0.717, 1.165) is 12.3 Å². The molecule has 11 heavy (non-hydrogen) atoms. The van der Waals surface area contributed by atoms with Crippen molar-refractivity contribution in [3.8, 4) is 0 Å². The summed E-state index contributed by atoms with van der Waals surface area (Å²) in [6, 6.07) is 0. The quantitative estimate of drug-likeness (QED) is 0.521. The monoisotopic (exact) mass is 152 g/mol. The Bertz CT molecular complexity index is 174. The first kappa shape index (κ1) is 7.33. The van der Waals surface area contributed by atoms with E-state index in [4.69, 9.17) is 0 Å². The van der Waals surface area contributed by atoms with Crippen molar-refractivity contribution in [2.45, 2.75) is 39.0 Å². The molecule has 0 aromatic heterocycles. The summed E-state index contributed by atoms with van der Waals surface area (Å²) in [5, 5.41) is 0. The van der Waals surface area contributed by atoms with Crippen molar-refractivity contribution in [2.75, 3.05) is 0 Å². The Morgan fingerprint density at radius 3 is 2.82 bits per heavy atom. The van der Waals surface area contributed by atoms with Crippen LogP contribution in [0.3, 0.4) is 0 Å². The fourth-order valence-electron chi connectivity index (χ4n) is 2.92. The average Bonchev–Trinajstić information content (AvgIpc) is 2.34. The first-order chi connectivity index (χ1) is 5.29. The van der Waals surface area contributed by atoms with Gasteiger partial charge < -0.3 is 0 Å². The largest absolute Gasteiger partial charge is 0.299 e. The predicted octanol–water partition coefficient (Wildman–Crippen LogP) is 2.40. The zero-order valence-corrected chi connectivity index (χ0v) is 7.18. The van der Waals surface area contributed by atoms with E-state index >= 15 is 0 Å². The Morgan fingerprint density at radius 1 is 1.27 bits per heavy atom. The highest BCUT2D eigenvalue weighted by Crippen LogP contribution is 2.42. The van der Waals surface area contributed by atoms with Crippen molar-refractivity contribution in [1.29, 1.82) is 0 Å². The minimum absolute atomic E-state index is 0.462. The molecule has 0 spiro atoms. The number of hydrogen-bond acceptors (Lipinski definition) is 1. The van der Waals surface area contributed by atoms with Gasteiger partial charge in [0.15, 0.2) is 0 Å². The van der Waals surface area contributed by atoms with Gasteiger partial charge in [-0.05, 0) is 24.7 Å². The molecule has 62 valence electrons. The molecule has 2 saturated carbocycles. The van der Waals surface area contributed by atoms with E-state index in [0.29, 0.717) is 17.6 Å². The van der Waals surface area contributed by atoms with E-state index in [2.05, 4.69) is 6.92 Å². The normalized spacial score (nSPS) is 44.1. The third-order valence-corrected chi connectivity index (χ3v) is 3.49. The zero-order valence-electron chi connectivity index (χ0n) is 7.18. The van der Waals surface area contributed by atoms with Crippen molar-refractivity contribution in [3.05, 3.63) is 0 Å². The summed E-state index contributed by atoms with van der Waals surface area (Å²) in [6.07, 6.45) is 6.02.